The summed E-state index contributed by atoms with van der Waals surface area (Å²) in [4.78, 5) is 0. The third kappa shape index (κ3) is 3.24. The zero-order chi connectivity index (χ0) is 12.3. The van der Waals surface area contributed by atoms with Crippen molar-refractivity contribution in [3.8, 4) is 5.75 Å². The molecule has 0 amide bonds. The lowest BCUT2D eigenvalue weighted by Crippen LogP contribution is -2.36. The highest BCUT2D eigenvalue weighted by Gasteiger charge is 2.20. The van der Waals surface area contributed by atoms with Crippen molar-refractivity contribution in [1.82, 2.24) is 0 Å². The van der Waals surface area contributed by atoms with Crippen LogP contribution >= 0.6 is 0 Å². The average molecular weight is 221 g/mol. The molecule has 0 heterocycles. The van der Waals surface area contributed by atoms with Crippen LogP contribution in [0.5, 0.6) is 5.75 Å². The van der Waals surface area contributed by atoms with Gasteiger partial charge in [0.25, 0.3) is 0 Å². The first-order valence-electron chi connectivity index (χ1n) is 5.73. The molecule has 16 heavy (non-hydrogen) atoms. The van der Waals surface area contributed by atoms with Gasteiger partial charge in [-0.05, 0) is 36.0 Å². The second kappa shape index (κ2) is 4.88. The molecule has 0 aliphatic carbocycles. The molecule has 0 aliphatic heterocycles. The summed E-state index contributed by atoms with van der Waals surface area (Å²) < 4.78 is 5.24. The summed E-state index contributed by atoms with van der Waals surface area (Å²) in [5, 5.41) is 0. The molecular formula is C14H23NO. The van der Waals surface area contributed by atoms with E-state index in [-0.39, 0.29) is 11.5 Å². The molecule has 0 saturated heterocycles. The van der Waals surface area contributed by atoms with Crippen molar-refractivity contribution in [3.05, 3.63) is 29.3 Å². The second-order valence-corrected chi connectivity index (χ2v) is 5.48. The Morgan fingerprint density at radius 1 is 1.31 bits per heavy atom. The van der Waals surface area contributed by atoms with Gasteiger partial charge in [0.15, 0.2) is 0 Å². The molecule has 1 aromatic rings. The first-order valence-corrected chi connectivity index (χ1v) is 5.73. The number of hydrogen-bond donors (Lipinski definition) is 1. The van der Waals surface area contributed by atoms with E-state index in [2.05, 4.69) is 39.8 Å². The molecule has 0 spiro atoms. The summed E-state index contributed by atoms with van der Waals surface area (Å²) in [6, 6.07) is 6.45. The minimum Gasteiger partial charge on any atom is -0.496 e. The van der Waals surface area contributed by atoms with E-state index < -0.39 is 0 Å². The Morgan fingerprint density at radius 3 is 2.38 bits per heavy atom. The van der Waals surface area contributed by atoms with Crippen LogP contribution in [0.15, 0.2) is 18.2 Å². The molecule has 2 heteroatoms. The summed E-state index contributed by atoms with van der Waals surface area (Å²) >= 11 is 0. The maximum absolute atomic E-state index is 6.17. The number of nitrogens with two attached hydrogens (primary N) is 1. The average Bonchev–Trinajstić information content (AvgIpc) is 2.16. The second-order valence-electron chi connectivity index (χ2n) is 5.48. The SMILES string of the molecule is COc1ccc(CC(N)C(C)(C)C)cc1C. The molecular weight excluding hydrogens is 198 g/mol. The molecule has 0 bridgehead atoms. The summed E-state index contributed by atoms with van der Waals surface area (Å²) in [6.45, 7) is 8.58. The fraction of sp³-hybridized carbons (Fsp3) is 0.571. The Kier molecular flexibility index (Phi) is 3.98. The first-order chi connectivity index (χ1) is 7.34. The van der Waals surface area contributed by atoms with Crippen LogP contribution in [0.4, 0.5) is 0 Å². The molecule has 0 saturated carbocycles. The van der Waals surface area contributed by atoms with Crippen molar-refractivity contribution in [3.63, 3.8) is 0 Å². The van der Waals surface area contributed by atoms with Crippen LogP contribution in [-0.2, 0) is 6.42 Å². The van der Waals surface area contributed by atoms with Gasteiger partial charge in [-0.15, -0.1) is 0 Å². The van der Waals surface area contributed by atoms with E-state index in [9.17, 15) is 0 Å². The van der Waals surface area contributed by atoms with E-state index in [0.29, 0.717) is 0 Å². The number of rotatable bonds is 3. The molecule has 2 N–H and O–H groups in total. The van der Waals surface area contributed by atoms with E-state index in [0.717, 1.165) is 12.2 Å². The van der Waals surface area contributed by atoms with Gasteiger partial charge in [-0.2, -0.15) is 0 Å². The Hall–Kier alpha value is -1.02. The summed E-state index contributed by atoms with van der Waals surface area (Å²) in [7, 11) is 1.70. The van der Waals surface area contributed by atoms with Crippen LogP contribution in [-0.4, -0.2) is 13.2 Å². The predicted octanol–water partition coefficient (Wildman–Crippen LogP) is 2.92. The quantitative estimate of drug-likeness (QED) is 0.851. The molecule has 0 aliphatic rings. The smallest absolute Gasteiger partial charge is 0.121 e. The number of ether oxygens (including phenoxy) is 1. The van der Waals surface area contributed by atoms with Gasteiger partial charge in [0, 0.05) is 6.04 Å². The van der Waals surface area contributed by atoms with Crippen molar-refractivity contribution in [2.75, 3.05) is 7.11 Å². The monoisotopic (exact) mass is 221 g/mol. The minimum atomic E-state index is 0.147. The van der Waals surface area contributed by atoms with Gasteiger partial charge in [0.2, 0.25) is 0 Å². The lowest BCUT2D eigenvalue weighted by Gasteiger charge is -2.27. The minimum absolute atomic E-state index is 0.147. The molecule has 1 aromatic carbocycles. The molecule has 1 atom stereocenters. The van der Waals surface area contributed by atoms with Crippen molar-refractivity contribution >= 4 is 0 Å². The standard InChI is InChI=1S/C14H23NO/c1-10-8-11(6-7-12(10)16-5)9-13(15)14(2,3)4/h6-8,13H,9,15H2,1-5H3. The van der Waals surface area contributed by atoms with E-state index in [1.54, 1.807) is 7.11 Å². The van der Waals surface area contributed by atoms with Gasteiger partial charge < -0.3 is 10.5 Å². The first kappa shape index (κ1) is 13.0. The highest BCUT2D eigenvalue weighted by molar-refractivity contribution is 5.36. The molecule has 0 radical (unpaired) electrons. The number of hydrogen-bond acceptors (Lipinski definition) is 2. The lowest BCUT2D eigenvalue weighted by atomic mass is 9.83. The maximum Gasteiger partial charge on any atom is 0.121 e. The zero-order valence-electron chi connectivity index (χ0n) is 11.0. The number of methoxy groups -OCH3 is 1. The van der Waals surface area contributed by atoms with Gasteiger partial charge in [0.1, 0.15) is 5.75 Å². The molecule has 1 unspecified atom stereocenters. The third-order valence-corrected chi connectivity index (χ3v) is 3.03. The molecule has 2 nitrogen and oxygen atoms in total. The normalized spacial score (nSPS) is 13.6. The summed E-state index contributed by atoms with van der Waals surface area (Å²) in [5.41, 5.74) is 8.76. The molecule has 0 aromatic heterocycles. The Labute approximate surface area is 98.8 Å². The van der Waals surface area contributed by atoms with Crippen molar-refractivity contribution in [2.45, 2.75) is 40.2 Å². The van der Waals surface area contributed by atoms with E-state index in [1.165, 1.54) is 11.1 Å². The summed E-state index contributed by atoms with van der Waals surface area (Å²) in [6.07, 6.45) is 0.911. The van der Waals surface area contributed by atoms with Crippen LogP contribution in [0, 0.1) is 12.3 Å². The zero-order valence-corrected chi connectivity index (χ0v) is 11.0. The highest BCUT2D eigenvalue weighted by Crippen LogP contribution is 2.23. The summed E-state index contributed by atoms with van der Waals surface area (Å²) in [5.74, 6) is 0.938. The van der Waals surface area contributed by atoms with Crippen LogP contribution in [0.3, 0.4) is 0 Å². The fourth-order valence-electron chi connectivity index (χ4n) is 1.63. The number of benzene rings is 1. The molecule has 90 valence electrons. The van der Waals surface area contributed by atoms with Gasteiger partial charge in [0.05, 0.1) is 7.11 Å². The van der Waals surface area contributed by atoms with Crippen LogP contribution in [0.2, 0.25) is 0 Å². The predicted molar refractivity (Wildman–Crippen MR) is 68.9 cm³/mol. The van der Waals surface area contributed by atoms with Gasteiger partial charge in [-0.3, -0.25) is 0 Å². The maximum atomic E-state index is 6.17. The lowest BCUT2D eigenvalue weighted by molar-refractivity contribution is 0.318. The molecule has 0 fully saturated rings. The Balaban J connectivity index is 2.79. The Bertz CT molecular complexity index is 352. The largest absolute Gasteiger partial charge is 0.496 e. The third-order valence-electron chi connectivity index (χ3n) is 3.03. The molecule has 1 rings (SSSR count). The van der Waals surface area contributed by atoms with E-state index >= 15 is 0 Å². The highest BCUT2D eigenvalue weighted by atomic mass is 16.5. The number of aryl methyl sites for hydroxylation is 1. The fourth-order valence-corrected chi connectivity index (χ4v) is 1.63. The van der Waals surface area contributed by atoms with Crippen molar-refractivity contribution in [1.29, 1.82) is 0 Å². The van der Waals surface area contributed by atoms with Crippen LogP contribution < -0.4 is 10.5 Å². The van der Waals surface area contributed by atoms with Crippen molar-refractivity contribution < 1.29 is 4.74 Å². The van der Waals surface area contributed by atoms with Crippen LogP contribution in [0.1, 0.15) is 31.9 Å². The van der Waals surface area contributed by atoms with E-state index in [1.807, 2.05) is 6.07 Å². The van der Waals surface area contributed by atoms with Crippen LogP contribution in [0.25, 0.3) is 0 Å². The van der Waals surface area contributed by atoms with Gasteiger partial charge in [-0.25, -0.2) is 0 Å². The van der Waals surface area contributed by atoms with Gasteiger partial charge >= 0.3 is 0 Å². The van der Waals surface area contributed by atoms with Crippen molar-refractivity contribution in [2.24, 2.45) is 11.1 Å². The Morgan fingerprint density at radius 2 is 1.94 bits per heavy atom. The topological polar surface area (TPSA) is 35.2 Å². The van der Waals surface area contributed by atoms with E-state index in [4.69, 9.17) is 10.5 Å². The van der Waals surface area contributed by atoms with Gasteiger partial charge in [-0.1, -0.05) is 32.9 Å².